The van der Waals surface area contributed by atoms with E-state index in [1.807, 2.05) is 54.6 Å². The average Bonchev–Trinajstić information content (AvgIpc) is 2.81. The van der Waals surface area contributed by atoms with Gasteiger partial charge in [-0.2, -0.15) is 0 Å². The lowest BCUT2D eigenvalue weighted by atomic mass is 9.98. The van der Waals surface area contributed by atoms with Crippen LogP contribution in [0.1, 0.15) is 27.5 Å². The van der Waals surface area contributed by atoms with Crippen LogP contribution in [0.4, 0.5) is 0 Å². The zero-order chi connectivity index (χ0) is 23.1. The van der Waals surface area contributed by atoms with E-state index in [0.29, 0.717) is 5.56 Å². The number of methoxy groups -OCH3 is 2. The molecular weight excluding hydrogens is 476 g/mol. The van der Waals surface area contributed by atoms with Gasteiger partial charge in [0.1, 0.15) is 0 Å². The summed E-state index contributed by atoms with van der Waals surface area (Å²) in [4.78, 5) is 24.3. The fourth-order valence-electron chi connectivity index (χ4n) is 3.17. The minimum Gasteiger partial charge on any atom is -0.493 e. The van der Waals surface area contributed by atoms with E-state index in [-0.39, 0.29) is 35.8 Å². The Balaban J connectivity index is 1.95. The van der Waals surface area contributed by atoms with Crippen molar-refractivity contribution in [3.05, 3.63) is 87.9 Å². The molecule has 0 fully saturated rings. The molecule has 3 aromatic carbocycles. The molecule has 2 amide bonds. The van der Waals surface area contributed by atoms with Crippen molar-refractivity contribution in [1.82, 2.24) is 5.32 Å². The van der Waals surface area contributed by atoms with Gasteiger partial charge in [0.2, 0.25) is 5.75 Å². The highest BCUT2D eigenvalue weighted by Gasteiger charge is 2.22. The summed E-state index contributed by atoms with van der Waals surface area (Å²) in [6, 6.07) is 20.1. The molecular formula is C24H23BrN2O5. The van der Waals surface area contributed by atoms with Crippen molar-refractivity contribution in [2.75, 3.05) is 20.8 Å². The van der Waals surface area contributed by atoms with Crippen LogP contribution in [0.25, 0.3) is 0 Å². The number of nitrogens with one attached hydrogen (secondary N) is 1. The molecule has 166 valence electrons. The number of hydrogen-bond acceptors (Lipinski definition) is 5. The Bertz CT molecular complexity index is 1060. The normalized spacial score (nSPS) is 11.3. The fraction of sp³-hybridized carbons (Fsp3) is 0.167. The lowest BCUT2D eigenvalue weighted by Crippen LogP contribution is -2.29. The second-order valence-electron chi connectivity index (χ2n) is 6.83. The summed E-state index contributed by atoms with van der Waals surface area (Å²) in [5.41, 5.74) is 7.33. The lowest BCUT2D eigenvalue weighted by molar-refractivity contribution is -0.120. The van der Waals surface area contributed by atoms with Gasteiger partial charge in [-0.1, -0.05) is 58.4 Å². The number of rotatable bonds is 9. The molecule has 7 nitrogen and oxygen atoms in total. The Morgan fingerprint density at radius 3 is 2.03 bits per heavy atom. The molecule has 0 aliphatic rings. The summed E-state index contributed by atoms with van der Waals surface area (Å²) >= 11 is 3.44. The largest absolute Gasteiger partial charge is 0.493 e. The van der Waals surface area contributed by atoms with Crippen LogP contribution in [-0.2, 0) is 4.79 Å². The van der Waals surface area contributed by atoms with Crippen LogP contribution in [0.3, 0.4) is 0 Å². The summed E-state index contributed by atoms with van der Waals surface area (Å²) in [7, 11) is 2.87. The molecule has 3 N–H and O–H groups in total. The number of benzene rings is 3. The first-order valence-corrected chi connectivity index (χ1v) is 10.5. The SMILES string of the molecule is COc1cc(C(=O)N[C@@H](c2ccccc2)c2ccc(Br)cc2)cc(OC)c1OCC(N)=O. The number of amides is 2. The zero-order valence-electron chi connectivity index (χ0n) is 17.6. The van der Waals surface area contributed by atoms with Gasteiger partial charge in [-0.3, -0.25) is 9.59 Å². The highest BCUT2D eigenvalue weighted by Crippen LogP contribution is 2.38. The van der Waals surface area contributed by atoms with Gasteiger partial charge in [-0.25, -0.2) is 0 Å². The molecule has 0 saturated heterocycles. The zero-order valence-corrected chi connectivity index (χ0v) is 19.2. The summed E-state index contributed by atoms with van der Waals surface area (Å²) in [6.07, 6.45) is 0. The summed E-state index contributed by atoms with van der Waals surface area (Å²) in [5.74, 6) is -0.292. The summed E-state index contributed by atoms with van der Waals surface area (Å²) in [5, 5.41) is 3.08. The topological polar surface area (TPSA) is 99.9 Å². The van der Waals surface area contributed by atoms with Gasteiger partial charge in [0, 0.05) is 10.0 Å². The van der Waals surface area contributed by atoms with Crippen LogP contribution in [0.5, 0.6) is 17.2 Å². The van der Waals surface area contributed by atoms with Crippen molar-refractivity contribution in [2.45, 2.75) is 6.04 Å². The highest BCUT2D eigenvalue weighted by molar-refractivity contribution is 9.10. The number of carbonyl (C=O) groups is 2. The standard InChI is InChI=1S/C24H23BrN2O5/c1-30-19-12-17(13-20(31-2)23(19)32-14-21(26)28)24(29)27-22(15-6-4-3-5-7-15)16-8-10-18(25)11-9-16/h3-13,22H,14H2,1-2H3,(H2,26,28)(H,27,29)/t22-/m0/s1. The van der Waals surface area contributed by atoms with Crippen LogP contribution in [0.2, 0.25) is 0 Å². The van der Waals surface area contributed by atoms with Crippen molar-refractivity contribution in [2.24, 2.45) is 5.73 Å². The maximum atomic E-state index is 13.2. The number of hydrogen-bond donors (Lipinski definition) is 2. The average molecular weight is 499 g/mol. The van der Waals surface area contributed by atoms with Crippen LogP contribution in [0.15, 0.2) is 71.2 Å². The predicted octanol–water partition coefficient (Wildman–Crippen LogP) is 3.85. The van der Waals surface area contributed by atoms with E-state index in [9.17, 15) is 9.59 Å². The van der Waals surface area contributed by atoms with Gasteiger partial charge in [0.05, 0.1) is 20.3 Å². The second kappa shape index (κ2) is 10.7. The molecule has 0 bridgehead atoms. The molecule has 0 heterocycles. The van der Waals surface area contributed by atoms with E-state index in [4.69, 9.17) is 19.9 Å². The number of ether oxygens (including phenoxy) is 3. The first-order chi connectivity index (χ1) is 15.4. The molecule has 0 radical (unpaired) electrons. The first-order valence-electron chi connectivity index (χ1n) is 9.71. The predicted molar refractivity (Wildman–Crippen MR) is 124 cm³/mol. The third kappa shape index (κ3) is 5.59. The Morgan fingerprint density at radius 2 is 1.50 bits per heavy atom. The van der Waals surface area contributed by atoms with E-state index in [1.165, 1.54) is 26.4 Å². The molecule has 0 saturated carbocycles. The molecule has 0 aromatic heterocycles. The number of halogens is 1. The molecule has 0 spiro atoms. The van der Waals surface area contributed by atoms with E-state index in [2.05, 4.69) is 21.2 Å². The molecule has 0 aliphatic heterocycles. The quantitative estimate of drug-likeness (QED) is 0.466. The lowest BCUT2D eigenvalue weighted by Gasteiger charge is -2.21. The number of nitrogens with two attached hydrogens (primary N) is 1. The van der Waals surface area contributed by atoms with Crippen molar-refractivity contribution in [3.63, 3.8) is 0 Å². The first kappa shape index (κ1) is 23.1. The maximum absolute atomic E-state index is 13.2. The van der Waals surface area contributed by atoms with Crippen molar-refractivity contribution >= 4 is 27.7 Å². The van der Waals surface area contributed by atoms with Gasteiger partial charge in [0.15, 0.2) is 18.1 Å². The maximum Gasteiger partial charge on any atom is 0.255 e. The molecule has 3 aromatic rings. The summed E-state index contributed by atoms with van der Waals surface area (Å²) in [6.45, 7) is -0.349. The van der Waals surface area contributed by atoms with Crippen LogP contribution < -0.4 is 25.3 Å². The molecule has 32 heavy (non-hydrogen) atoms. The number of primary amides is 1. The van der Waals surface area contributed by atoms with Gasteiger partial charge in [-0.15, -0.1) is 0 Å². The second-order valence-corrected chi connectivity index (χ2v) is 7.75. The Hall–Kier alpha value is -3.52. The third-order valence-electron chi connectivity index (χ3n) is 4.69. The van der Waals surface area contributed by atoms with Crippen LogP contribution >= 0.6 is 15.9 Å². The van der Waals surface area contributed by atoms with Gasteiger partial charge in [-0.05, 0) is 35.4 Å². The van der Waals surface area contributed by atoms with Crippen LogP contribution in [0, 0.1) is 0 Å². The van der Waals surface area contributed by atoms with Crippen molar-refractivity contribution in [1.29, 1.82) is 0 Å². The van der Waals surface area contributed by atoms with Gasteiger partial charge >= 0.3 is 0 Å². The van der Waals surface area contributed by atoms with Crippen molar-refractivity contribution in [3.8, 4) is 17.2 Å². The Morgan fingerprint density at radius 1 is 0.938 bits per heavy atom. The Labute approximate surface area is 194 Å². The number of carbonyl (C=O) groups excluding carboxylic acids is 2. The van der Waals surface area contributed by atoms with Gasteiger partial charge < -0.3 is 25.3 Å². The highest BCUT2D eigenvalue weighted by atomic mass is 79.9. The van der Waals surface area contributed by atoms with E-state index in [0.717, 1.165) is 15.6 Å². The smallest absolute Gasteiger partial charge is 0.255 e. The monoisotopic (exact) mass is 498 g/mol. The fourth-order valence-corrected chi connectivity index (χ4v) is 3.44. The van der Waals surface area contributed by atoms with Crippen molar-refractivity contribution < 1.29 is 23.8 Å². The third-order valence-corrected chi connectivity index (χ3v) is 5.22. The van der Waals surface area contributed by atoms with Gasteiger partial charge in [0.25, 0.3) is 11.8 Å². The molecule has 8 heteroatoms. The molecule has 0 unspecified atom stereocenters. The molecule has 0 aliphatic carbocycles. The Kier molecular flexibility index (Phi) is 7.72. The van der Waals surface area contributed by atoms with E-state index < -0.39 is 5.91 Å². The minimum atomic E-state index is -0.642. The van der Waals surface area contributed by atoms with Crippen LogP contribution in [-0.4, -0.2) is 32.6 Å². The van der Waals surface area contributed by atoms with E-state index in [1.54, 1.807) is 0 Å². The molecule has 1 atom stereocenters. The van der Waals surface area contributed by atoms with E-state index >= 15 is 0 Å². The summed E-state index contributed by atoms with van der Waals surface area (Å²) < 4.78 is 17.1. The minimum absolute atomic E-state index is 0.192. The molecule has 3 rings (SSSR count).